The van der Waals surface area contributed by atoms with E-state index in [0.29, 0.717) is 23.9 Å². The van der Waals surface area contributed by atoms with E-state index < -0.39 is 0 Å². The molecule has 106 valence electrons. The first-order chi connectivity index (χ1) is 9.69. The second kappa shape index (κ2) is 5.55. The Labute approximate surface area is 125 Å². The predicted molar refractivity (Wildman–Crippen MR) is 78.9 cm³/mol. The lowest BCUT2D eigenvalue weighted by Crippen LogP contribution is -2.27. The van der Waals surface area contributed by atoms with Crippen molar-refractivity contribution in [3.8, 4) is 0 Å². The fourth-order valence-corrected chi connectivity index (χ4v) is 3.37. The zero-order valence-electron chi connectivity index (χ0n) is 10.7. The average Bonchev–Trinajstić information content (AvgIpc) is 3.11. The lowest BCUT2D eigenvalue weighted by molar-refractivity contribution is -0.125. The normalized spacial score (nSPS) is 19.5. The van der Waals surface area contributed by atoms with Crippen LogP contribution in [0.2, 0.25) is 5.15 Å². The summed E-state index contributed by atoms with van der Waals surface area (Å²) in [7, 11) is 0. The molecule has 1 saturated heterocycles. The quantitative estimate of drug-likeness (QED) is 0.881. The Balaban J connectivity index is 1.75. The highest BCUT2D eigenvalue weighted by molar-refractivity contribution is 7.15. The van der Waals surface area contributed by atoms with Crippen molar-refractivity contribution >= 4 is 39.9 Å². The summed E-state index contributed by atoms with van der Waals surface area (Å²) in [5, 5.41) is 11.4. The van der Waals surface area contributed by atoms with Gasteiger partial charge in [0.25, 0.3) is 0 Å². The molecule has 1 amide bonds. The zero-order chi connectivity index (χ0) is 14.1. The summed E-state index contributed by atoms with van der Waals surface area (Å²) < 4.78 is 1.86. The number of carbonyl (C=O) groups excluding carboxylic acids is 1. The fourth-order valence-electron chi connectivity index (χ4n) is 2.36. The minimum Gasteiger partial charge on any atom is -0.396 e. The third kappa shape index (κ3) is 2.46. The Morgan fingerprint density at radius 1 is 1.65 bits per heavy atom. The van der Waals surface area contributed by atoms with Crippen LogP contribution in [-0.2, 0) is 4.79 Å². The van der Waals surface area contributed by atoms with Crippen molar-refractivity contribution < 1.29 is 9.90 Å². The molecular weight excluding hydrogens is 298 g/mol. The monoisotopic (exact) mass is 311 g/mol. The van der Waals surface area contributed by atoms with Crippen LogP contribution in [0.15, 0.2) is 17.7 Å². The van der Waals surface area contributed by atoms with Gasteiger partial charge in [-0.1, -0.05) is 11.6 Å². The van der Waals surface area contributed by atoms with Gasteiger partial charge < -0.3 is 10.0 Å². The molecule has 1 aliphatic heterocycles. The number of amides is 1. The topological polar surface area (TPSA) is 57.8 Å². The molecule has 3 heterocycles. The summed E-state index contributed by atoms with van der Waals surface area (Å²) in [5.41, 5.74) is 0.717. The number of likely N-dealkylation sites (tertiary alicyclic amines) is 1. The average molecular weight is 312 g/mol. The number of fused-ring (bicyclic) bond motifs is 1. The number of aliphatic hydroxyl groups is 1. The maximum atomic E-state index is 12.1. The molecule has 5 nitrogen and oxygen atoms in total. The number of rotatable bonds is 3. The van der Waals surface area contributed by atoms with Gasteiger partial charge in [0.1, 0.15) is 0 Å². The van der Waals surface area contributed by atoms with Gasteiger partial charge >= 0.3 is 0 Å². The molecule has 3 rings (SSSR count). The van der Waals surface area contributed by atoms with Gasteiger partial charge in [0.15, 0.2) is 10.1 Å². The van der Waals surface area contributed by atoms with E-state index in [9.17, 15) is 4.79 Å². The summed E-state index contributed by atoms with van der Waals surface area (Å²) in [6, 6.07) is 0. The van der Waals surface area contributed by atoms with Crippen LogP contribution in [0.3, 0.4) is 0 Å². The van der Waals surface area contributed by atoms with Crippen molar-refractivity contribution in [2.24, 2.45) is 5.92 Å². The fraction of sp³-hybridized carbons (Fsp3) is 0.385. The van der Waals surface area contributed by atoms with E-state index in [4.69, 9.17) is 16.7 Å². The van der Waals surface area contributed by atoms with Crippen LogP contribution in [0.5, 0.6) is 0 Å². The van der Waals surface area contributed by atoms with Crippen molar-refractivity contribution in [3.05, 3.63) is 28.5 Å². The lowest BCUT2D eigenvalue weighted by Gasteiger charge is -2.13. The Morgan fingerprint density at radius 3 is 3.25 bits per heavy atom. The number of imidazole rings is 1. The molecule has 1 atom stereocenters. The van der Waals surface area contributed by atoms with Gasteiger partial charge in [-0.15, -0.1) is 11.3 Å². The third-order valence-electron chi connectivity index (χ3n) is 3.49. The van der Waals surface area contributed by atoms with Crippen molar-refractivity contribution in [1.82, 2.24) is 14.3 Å². The minimum atomic E-state index is -0.0535. The lowest BCUT2D eigenvalue weighted by atomic mass is 10.1. The predicted octanol–water partition coefficient (Wildman–Crippen LogP) is 1.90. The highest BCUT2D eigenvalue weighted by Crippen LogP contribution is 2.23. The van der Waals surface area contributed by atoms with E-state index in [1.807, 2.05) is 16.0 Å². The van der Waals surface area contributed by atoms with Crippen LogP contribution in [-0.4, -0.2) is 45.0 Å². The molecule has 1 aliphatic rings. The number of halogens is 1. The highest BCUT2D eigenvalue weighted by Gasteiger charge is 2.24. The van der Waals surface area contributed by atoms with Crippen molar-refractivity contribution in [3.63, 3.8) is 0 Å². The Kier molecular flexibility index (Phi) is 3.78. The van der Waals surface area contributed by atoms with Gasteiger partial charge in [-0.25, -0.2) is 4.98 Å². The smallest absolute Gasteiger partial charge is 0.246 e. The van der Waals surface area contributed by atoms with E-state index in [2.05, 4.69) is 4.98 Å². The minimum absolute atomic E-state index is 0.0535. The molecule has 0 saturated carbocycles. The standard InChI is InChI=1S/C13H14ClN3O2S/c14-12-10(17-5-6-20-13(17)15-12)1-2-11(19)16-4-3-9(7-16)8-18/h1-2,5-6,9,18H,3-4,7-8H2. The van der Waals surface area contributed by atoms with Crippen LogP contribution in [0.4, 0.5) is 0 Å². The van der Waals surface area contributed by atoms with Crippen molar-refractivity contribution in [1.29, 1.82) is 0 Å². The maximum Gasteiger partial charge on any atom is 0.246 e. The first-order valence-electron chi connectivity index (χ1n) is 6.38. The molecule has 2 aromatic heterocycles. The van der Waals surface area contributed by atoms with Gasteiger partial charge in [-0.05, 0) is 12.5 Å². The van der Waals surface area contributed by atoms with E-state index in [1.54, 1.807) is 11.0 Å². The maximum absolute atomic E-state index is 12.1. The largest absolute Gasteiger partial charge is 0.396 e. The number of aliphatic hydroxyl groups excluding tert-OH is 1. The van der Waals surface area contributed by atoms with Gasteiger partial charge in [0, 0.05) is 43.3 Å². The molecule has 0 spiro atoms. The summed E-state index contributed by atoms with van der Waals surface area (Å²) in [4.78, 5) is 18.8. The molecular formula is C13H14ClN3O2S. The second-order valence-corrected chi connectivity index (χ2v) is 6.03. The highest BCUT2D eigenvalue weighted by atomic mass is 35.5. The van der Waals surface area contributed by atoms with Crippen LogP contribution in [0, 0.1) is 5.92 Å². The van der Waals surface area contributed by atoms with E-state index in [-0.39, 0.29) is 18.4 Å². The van der Waals surface area contributed by atoms with Gasteiger partial charge in [0.05, 0.1) is 5.69 Å². The number of thiazole rings is 1. The summed E-state index contributed by atoms with van der Waals surface area (Å²) in [6.07, 6.45) is 5.95. The molecule has 0 bridgehead atoms. The van der Waals surface area contributed by atoms with E-state index in [1.165, 1.54) is 17.4 Å². The van der Waals surface area contributed by atoms with Crippen LogP contribution in [0.1, 0.15) is 12.1 Å². The Hall–Kier alpha value is -1.37. The molecule has 1 N–H and O–H groups in total. The number of hydrogen-bond donors (Lipinski definition) is 1. The molecule has 0 aromatic carbocycles. The van der Waals surface area contributed by atoms with Gasteiger partial charge in [-0.2, -0.15) is 0 Å². The van der Waals surface area contributed by atoms with E-state index in [0.717, 1.165) is 11.4 Å². The van der Waals surface area contributed by atoms with Crippen molar-refractivity contribution in [2.75, 3.05) is 19.7 Å². The van der Waals surface area contributed by atoms with Crippen LogP contribution >= 0.6 is 22.9 Å². The Bertz CT molecular complexity index is 664. The van der Waals surface area contributed by atoms with Crippen LogP contribution < -0.4 is 0 Å². The van der Waals surface area contributed by atoms with Gasteiger partial charge in [-0.3, -0.25) is 9.20 Å². The molecule has 20 heavy (non-hydrogen) atoms. The number of aromatic nitrogens is 2. The molecule has 1 fully saturated rings. The third-order valence-corrected chi connectivity index (χ3v) is 4.53. The second-order valence-electron chi connectivity index (χ2n) is 4.80. The number of hydrogen-bond acceptors (Lipinski definition) is 4. The molecule has 1 unspecified atom stereocenters. The molecule has 0 aliphatic carbocycles. The van der Waals surface area contributed by atoms with Crippen molar-refractivity contribution in [2.45, 2.75) is 6.42 Å². The van der Waals surface area contributed by atoms with Crippen LogP contribution in [0.25, 0.3) is 11.0 Å². The Morgan fingerprint density at radius 2 is 2.50 bits per heavy atom. The first-order valence-corrected chi connectivity index (χ1v) is 7.63. The first kappa shape index (κ1) is 13.6. The molecule has 7 heteroatoms. The summed E-state index contributed by atoms with van der Waals surface area (Å²) >= 11 is 7.56. The van der Waals surface area contributed by atoms with E-state index >= 15 is 0 Å². The SMILES string of the molecule is O=C(C=Cc1c(Cl)nc2sccn12)N1CCC(CO)C1. The number of carbonyl (C=O) groups is 1. The summed E-state index contributed by atoms with van der Waals surface area (Å²) in [6.45, 7) is 1.45. The zero-order valence-corrected chi connectivity index (χ0v) is 12.3. The molecule has 2 aromatic rings. The summed E-state index contributed by atoms with van der Waals surface area (Å²) in [5.74, 6) is 0.150. The molecule has 0 radical (unpaired) electrons. The number of nitrogens with zero attached hydrogens (tertiary/aromatic N) is 3. The van der Waals surface area contributed by atoms with Gasteiger partial charge in [0.2, 0.25) is 5.91 Å².